The van der Waals surface area contributed by atoms with Crippen LogP contribution in [0.1, 0.15) is 142 Å². The second-order valence-corrected chi connectivity index (χ2v) is 24.3. The molecule has 11 atom stereocenters. The van der Waals surface area contributed by atoms with E-state index in [9.17, 15) is 56.3 Å². The number of halogens is 3. The van der Waals surface area contributed by atoms with Gasteiger partial charge in [0.2, 0.25) is 53.2 Å². The molecule has 0 aliphatic rings. The Hall–Kier alpha value is -6.34. The van der Waals surface area contributed by atoms with Crippen molar-refractivity contribution in [1.29, 1.82) is 0 Å². The number of esters is 2. The predicted molar refractivity (Wildman–Crippen MR) is 315 cm³/mol. The van der Waals surface area contributed by atoms with Crippen LogP contribution in [0.5, 0.6) is 0 Å². The SMILES string of the molecule is C/C=C/C[C@@H](C)[C@@H](OC(=O)C(F)(F)F)[C@@H](C(=O)N[C@@H](CC)C(=O)N(C)CC(=O)OC)N(C)C(=O)[C@H](C(C)C)N(C)C(=O)[C@H](CC(C)C)N(C)C(=O)[C@H](CC(C)C)N(C)C(=O)[C@H](C)NC(=O)[C@@H](C)NC(=O)[C@H](CCC(C)C)N(C)C(=O)[C@@H](N)C(C)C. The number of likely N-dealkylation sites (N-methyl/N-ethyl adjacent to an activating group) is 6. The first-order valence-electron chi connectivity index (χ1n) is 29.3. The number of alkyl halides is 3. The van der Waals surface area contributed by atoms with Crippen LogP contribution < -0.4 is 21.7 Å². The van der Waals surface area contributed by atoms with Crippen molar-refractivity contribution in [3.63, 3.8) is 0 Å². The molecule has 0 fully saturated rings. The van der Waals surface area contributed by atoms with Crippen LogP contribution in [0, 0.1) is 35.5 Å². The molecule has 5 N–H and O–H groups in total. The van der Waals surface area contributed by atoms with Gasteiger partial charge < -0.3 is 60.6 Å². The molecule has 85 heavy (non-hydrogen) atoms. The molecule has 0 bridgehead atoms. The van der Waals surface area contributed by atoms with Gasteiger partial charge in [0.1, 0.15) is 61.0 Å². The van der Waals surface area contributed by atoms with Gasteiger partial charge in [-0.25, -0.2) is 4.79 Å². The summed E-state index contributed by atoms with van der Waals surface area (Å²) in [4.78, 5) is 160. The number of nitrogens with two attached hydrogens (primary N) is 1. The number of methoxy groups -OCH3 is 1. The van der Waals surface area contributed by atoms with Gasteiger partial charge in [0.25, 0.3) is 0 Å². The lowest BCUT2D eigenvalue weighted by Gasteiger charge is -2.42. The molecule has 0 aromatic carbocycles. The van der Waals surface area contributed by atoms with Gasteiger partial charge in [-0.2, -0.15) is 13.2 Å². The van der Waals surface area contributed by atoms with Crippen molar-refractivity contribution in [2.24, 2.45) is 41.2 Å². The van der Waals surface area contributed by atoms with Gasteiger partial charge in [0.15, 0.2) is 0 Å². The zero-order valence-corrected chi connectivity index (χ0v) is 54.5. The van der Waals surface area contributed by atoms with Gasteiger partial charge in [0.05, 0.1) is 13.2 Å². The van der Waals surface area contributed by atoms with Crippen molar-refractivity contribution in [2.75, 3.05) is 55.9 Å². The number of nitrogens with one attached hydrogen (secondary N) is 3. The molecule has 0 aliphatic carbocycles. The fraction of sp³-hybridized carbons (Fsp3) is 0.780. The quantitative estimate of drug-likeness (QED) is 0.0525. The topological polar surface area (TPSA) is 288 Å². The first-order chi connectivity index (χ1) is 39.1. The highest BCUT2D eigenvalue weighted by molar-refractivity contribution is 5.98. The van der Waals surface area contributed by atoms with Crippen LogP contribution in [0.25, 0.3) is 0 Å². The van der Waals surface area contributed by atoms with Crippen LogP contribution in [0.4, 0.5) is 13.2 Å². The number of carbonyl (C=O) groups excluding carboxylic acids is 11. The van der Waals surface area contributed by atoms with Crippen LogP contribution in [0.15, 0.2) is 12.2 Å². The minimum atomic E-state index is -5.55. The molecule has 0 radical (unpaired) electrons. The molecule has 488 valence electrons. The summed E-state index contributed by atoms with van der Waals surface area (Å²) in [6.07, 6.45) is -3.60. The Labute approximate surface area is 502 Å². The fourth-order valence-corrected chi connectivity index (χ4v) is 9.56. The molecule has 0 aromatic heterocycles. The Kier molecular flexibility index (Phi) is 33.3. The Morgan fingerprint density at radius 3 is 1.45 bits per heavy atom. The van der Waals surface area contributed by atoms with E-state index in [1.807, 2.05) is 27.7 Å². The van der Waals surface area contributed by atoms with E-state index < -0.39 is 150 Å². The molecule has 0 heterocycles. The second-order valence-electron chi connectivity index (χ2n) is 24.3. The van der Waals surface area contributed by atoms with Gasteiger partial charge in [-0.3, -0.25) is 47.9 Å². The highest BCUT2D eigenvalue weighted by Crippen LogP contribution is 2.28. The minimum Gasteiger partial charge on any atom is -0.468 e. The summed E-state index contributed by atoms with van der Waals surface area (Å²) in [6.45, 7) is 24.7. The lowest BCUT2D eigenvalue weighted by molar-refractivity contribution is -0.210. The third kappa shape index (κ3) is 23.8. The van der Waals surface area contributed by atoms with Gasteiger partial charge in [0, 0.05) is 42.3 Å². The molecule has 0 aromatic rings. The van der Waals surface area contributed by atoms with E-state index in [-0.39, 0.29) is 49.4 Å². The van der Waals surface area contributed by atoms with Crippen LogP contribution in [-0.2, 0) is 62.2 Å². The lowest BCUT2D eigenvalue weighted by Crippen LogP contribution is -2.64. The summed E-state index contributed by atoms with van der Waals surface area (Å²) in [5.74, 6) is -12.7. The van der Waals surface area contributed by atoms with Crippen molar-refractivity contribution in [3.05, 3.63) is 12.2 Å². The number of hydrogen-bond donors (Lipinski definition) is 4. The number of amides is 9. The third-order valence-corrected chi connectivity index (χ3v) is 15.0. The highest BCUT2D eigenvalue weighted by atomic mass is 19.4. The Morgan fingerprint density at radius 1 is 0.541 bits per heavy atom. The summed E-state index contributed by atoms with van der Waals surface area (Å²) < 4.78 is 51.8. The Morgan fingerprint density at radius 2 is 1.01 bits per heavy atom. The average molecular weight is 1220 g/mol. The van der Waals surface area contributed by atoms with E-state index in [2.05, 4.69) is 20.7 Å². The van der Waals surface area contributed by atoms with Crippen LogP contribution >= 0.6 is 0 Å². The van der Waals surface area contributed by atoms with Crippen molar-refractivity contribution in [3.8, 4) is 0 Å². The Balaban J connectivity index is 7.39. The molecule has 0 unspecified atom stereocenters. The maximum atomic E-state index is 15.2. The largest absolute Gasteiger partial charge is 0.490 e. The van der Waals surface area contributed by atoms with E-state index in [0.29, 0.717) is 12.8 Å². The summed E-state index contributed by atoms with van der Waals surface area (Å²) in [6, 6.07) is -11.8. The molecule has 9 amide bonds. The molecular weight excluding hydrogens is 1110 g/mol. The number of nitrogens with zero attached hydrogens (tertiary/aromatic N) is 6. The van der Waals surface area contributed by atoms with E-state index in [0.717, 1.165) is 28.9 Å². The number of hydrogen-bond acceptors (Lipinski definition) is 14. The molecule has 0 spiro atoms. The minimum absolute atomic E-state index is 0.0228. The zero-order chi connectivity index (χ0) is 66.5. The first kappa shape index (κ1) is 78.7. The molecule has 0 saturated heterocycles. The normalized spacial score (nSPS) is 15.8. The highest BCUT2D eigenvalue weighted by Gasteiger charge is 2.50. The summed E-state index contributed by atoms with van der Waals surface area (Å²) >= 11 is 0. The van der Waals surface area contributed by atoms with Crippen LogP contribution in [0.3, 0.4) is 0 Å². The summed E-state index contributed by atoms with van der Waals surface area (Å²) in [5, 5.41) is 7.77. The molecule has 26 heteroatoms. The maximum Gasteiger partial charge on any atom is 0.490 e. The predicted octanol–water partition coefficient (Wildman–Crippen LogP) is 3.90. The van der Waals surface area contributed by atoms with Gasteiger partial charge in [-0.05, 0) is 94.8 Å². The number of carbonyl (C=O) groups is 11. The maximum absolute atomic E-state index is 15.2. The van der Waals surface area contributed by atoms with Crippen molar-refractivity contribution >= 4 is 65.1 Å². The van der Waals surface area contributed by atoms with E-state index in [1.54, 1.807) is 60.6 Å². The van der Waals surface area contributed by atoms with Gasteiger partial charge in [-0.1, -0.05) is 95.2 Å². The molecule has 0 aliphatic heterocycles. The van der Waals surface area contributed by atoms with Crippen molar-refractivity contribution in [2.45, 2.75) is 209 Å². The molecular formula is C59H103F3N10O13. The summed E-state index contributed by atoms with van der Waals surface area (Å²) in [5.41, 5.74) is 6.15. The fourth-order valence-electron chi connectivity index (χ4n) is 9.56. The van der Waals surface area contributed by atoms with E-state index in [4.69, 9.17) is 10.5 Å². The van der Waals surface area contributed by atoms with Gasteiger partial charge >= 0.3 is 18.1 Å². The third-order valence-electron chi connectivity index (χ3n) is 15.0. The molecule has 0 rings (SSSR count). The smallest absolute Gasteiger partial charge is 0.468 e. The first-order valence-corrected chi connectivity index (χ1v) is 29.3. The van der Waals surface area contributed by atoms with Crippen LogP contribution in [0.2, 0.25) is 0 Å². The van der Waals surface area contributed by atoms with E-state index in [1.165, 1.54) is 77.6 Å². The lowest BCUT2D eigenvalue weighted by atomic mass is 9.91. The second kappa shape index (κ2) is 36.0. The average Bonchev–Trinajstić information content (AvgIpc) is 3.43. The number of ether oxygens (including phenoxy) is 2. The standard InChI is InChI=1S/C59H103F3N10O13/c1-23-25-26-37(13)48(85-58(83)59(60,61)62)47(51(76)66-40(24-2)53(78)67(16)31-44(73)84-22)72(21)57(82)46(36(11)12)71(20)55(80)43(30-34(7)8)70(19)54(79)42(29-33(5)6)69(18)52(77)39(15)65-49(74)38(14)64-50(75)41(28-27-32(3)4)68(17)56(81)45(63)35(9)10/h23,25,32-43,45-48H,24,26-31,63H2,1-22H3,(H,64,75)(H,65,74)(H,66,76)/b25-23+/t37-,38-,39+,40+,41+,42+,43+,45+,46+,47+,48-/m1/s1. The van der Waals surface area contributed by atoms with E-state index >= 15 is 9.59 Å². The molecule has 23 nitrogen and oxygen atoms in total. The number of allylic oxidation sites excluding steroid dienone is 2. The van der Waals surface area contributed by atoms with Crippen molar-refractivity contribution < 1.29 is 75.4 Å². The Bertz CT molecular complexity index is 2300. The van der Waals surface area contributed by atoms with Crippen molar-refractivity contribution in [1.82, 2.24) is 45.3 Å². The zero-order valence-electron chi connectivity index (χ0n) is 54.5. The monoisotopic (exact) mass is 1220 g/mol. The number of rotatable bonds is 34. The summed E-state index contributed by atoms with van der Waals surface area (Å²) in [7, 11) is 8.97. The molecule has 0 saturated carbocycles. The van der Waals surface area contributed by atoms with Crippen LogP contribution in [-0.4, -0.2) is 217 Å². The van der Waals surface area contributed by atoms with Gasteiger partial charge in [-0.15, -0.1) is 0 Å².